The molecule has 0 amide bonds. The fourth-order valence-corrected chi connectivity index (χ4v) is 1.85. The Labute approximate surface area is 105 Å². The van der Waals surface area contributed by atoms with Gasteiger partial charge in [0.2, 0.25) is 10.0 Å². The smallest absolute Gasteiger partial charge is 0.214 e. The highest BCUT2D eigenvalue weighted by molar-refractivity contribution is 7.89. The fourth-order valence-electron chi connectivity index (χ4n) is 1.32. The van der Waals surface area contributed by atoms with Crippen molar-refractivity contribution in [1.29, 1.82) is 0 Å². The lowest BCUT2D eigenvalue weighted by Gasteiger charge is -2.23. The molecule has 0 aliphatic heterocycles. The van der Waals surface area contributed by atoms with Gasteiger partial charge in [-0.05, 0) is 20.8 Å². The van der Waals surface area contributed by atoms with Gasteiger partial charge < -0.3 is 4.74 Å². The van der Waals surface area contributed by atoms with Crippen molar-refractivity contribution in [3.8, 4) is 0 Å². The second kappa shape index (κ2) is 5.68. The zero-order valence-electron chi connectivity index (χ0n) is 10.4. The minimum Gasteiger partial charge on any atom is -0.366 e. The van der Waals surface area contributed by atoms with Gasteiger partial charge in [-0.3, -0.25) is 0 Å². The van der Waals surface area contributed by atoms with Gasteiger partial charge in [-0.2, -0.15) is 0 Å². The van der Waals surface area contributed by atoms with Crippen LogP contribution in [-0.2, 0) is 14.8 Å². The third-order valence-corrected chi connectivity index (χ3v) is 3.54. The van der Waals surface area contributed by atoms with Crippen molar-refractivity contribution in [2.45, 2.75) is 38.2 Å². The molecular weight excluding hydrogens is 261 g/mol. The number of nitrogens with two attached hydrogens (primary N) is 1. The Balaban J connectivity index is 3.09. The SMILES string of the molecule is CC(C)OC(c1ncc(F)cn1)C(C)S(N)(=O)=O. The van der Waals surface area contributed by atoms with Crippen LogP contribution < -0.4 is 5.14 Å². The summed E-state index contributed by atoms with van der Waals surface area (Å²) in [6.45, 7) is 4.88. The van der Waals surface area contributed by atoms with Gasteiger partial charge in [0.25, 0.3) is 0 Å². The number of nitrogens with zero attached hydrogens (tertiary/aromatic N) is 2. The van der Waals surface area contributed by atoms with Crippen LogP contribution >= 0.6 is 0 Å². The quantitative estimate of drug-likeness (QED) is 0.857. The lowest BCUT2D eigenvalue weighted by atomic mass is 10.2. The second-order valence-electron chi connectivity index (χ2n) is 4.16. The predicted octanol–water partition coefficient (Wildman–Crippen LogP) is 0.759. The number of sulfonamides is 1. The Kier molecular flexibility index (Phi) is 4.71. The van der Waals surface area contributed by atoms with E-state index < -0.39 is 27.2 Å². The molecule has 0 bridgehead atoms. The van der Waals surface area contributed by atoms with Crippen molar-refractivity contribution in [2.24, 2.45) is 5.14 Å². The molecule has 8 heteroatoms. The molecule has 6 nitrogen and oxygen atoms in total. The monoisotopic (exact) mass is 277 g/mol. The minimum absolute atomic E-state index is 0.0895. The highest BCUT2D eigenvalue weighted by Crippen LogP contribution is 2.23. The van der Waals surface area contributed by atoms with Gasteiger partial charge in [-0.1, -0.05) is 0 Å². The molecule has 0 aliphatic rings. The maximum absolute atomic E-state index is 12.7. The van der Waals surface area contributed by atoms with Crippen molar-refractivity contribution >= 4 is 10.0 Å². The molecule has 18 heavy (non-hydrogen) atoms. The number of halogens is 1. The van der Waals surface area contributed by atoms with Crippen molar-refractivity contribution in [2.75, 3.05) is 0 Å². The van der Waals surface area contributed by atoms with E-state index in [1.165, 1.54) is 6.92 Å². The molecular formula is C10H16FN3O3S. The predicted molar refractivity (Wildman–Crippen MR) is 63.5 cm³/mol. The van der Waals surface area contributed by atoms with E-state index in [4.69, 9.17) is 9.88 Å². The van der Waals surface area contributed by atoms with Crippen molar-refractivity contribution in [1.82, 2.24) is 9.97 Å². The summed E-state index contributed by atoms with van der Waals surface area (Å²) in [7, 11) is -3.80. The molecule has 0 fully saturated rings. The van der Waals surface area contributed by atoms with Crippen molar-refractivity contribution in [3.05, 3.63) is 24.0 Å². The third-order valence-electron chi connectivity index (χ3n) is 2.26. The molecule has 0 radical (unpaired) electrons. The molecule has 2 atom stereocenters. The third kappa shape index (κ3) is 3.97. The number of ether oxygens (including phenoxy) is 1. The van der Waals surface area contributed by atoms with E-state index in [1.807, 2.05) is 0 Å². The molecule has 0 aromatic carbocycles. The summed E-state index contributed by atoms with van der Waals surface area (Å²) in [4.78, 5) is 7.47. The van der Waals surface area contributed by atoms with Gasteiger partial charge in [0.15, 0.2) is 11.6 Å². The first-order chi connectivity index (χ1) is 8.21. The van der Waals surface area contributed by atoms with E-state index in [0.29, 0.717) is 0 Å². The van der Waals surface area contributed by atoms with Crippen LogP contribution in [0.4, 0.5) is 4.39 Å². The molecule has 102 valence electrons. The Morgan fingerprint density at radius 2 is 1.78 bits per heavy atom. The van der Waals surface area contributed by atoms with E-state index in [1.54, 1.807) is 13.8 Å². The summed E-state index contributed by atoms with van der Waals surface area (Å²) in [5.41, 5.74) is 0. The number of hydrogen-bond donors (Lipinski definition) is 1. The van der Waals surface area contributed by atoms with Gasteiger partial charge in [0.1, 0.15) is 11.4 Å². The van der Waals surface area contributed by atoms with Gasteiger partial charge in [0, 0.05) is 0 Å². The van der Waals surface area contributed by atoms with Gasteiger partial charge in [-0.15, -0.1) is 0 Å². The molecule has 1 rings (SSSR count). The van der Waals surface area contributed by atoms with E-state index in [2.05, 4.69) is 9.97 Å². The van der Waals surface area contributed by atoms with E-state index >= 15 is 0 Å². The molecule has 2 unspecified atom stereocenters. The van der Waals surface area contributed by atoms with E-state index in [-0.39, 0.29) is 11.9 Å². The molecule has 1 aromatic rings. The summed E-state index contributed by atoms with van der Waals surface area (Å²) in [6.07, 6.45) is 0.734. The number of aromatic nitrogens is 2. The average Bonchev–Trinajstić information content (AvgIpc) is 2.25. The second-order valence-corrected chi connectivity index (χ2v) is 6.08. The molecule has 2 N–H and O–H groups in total. The number of primary sulfonamides is 1. The number of hydrogen-bond acceptors (Lipinski definition) is 5. The average molecular weight is 277 g/mol. The van der Waals surface area contributed by atoms with E-state index in [9.17, 15) is 12.8 Å². The summed E-state index contributed by atoms with van der Waals surface area (Å²) in [5.74, 6) is -0.517. The van der Waals surface area contributed by atoms with Crippen LogP contribution in [0.1, 0.15) is 32.7 Å². The maximum Gasteiger partial charge on any atom is 0.214 e. The Hall–Kier alpha value is -1.12. The van der Waals surface area contributed by atoms with Crippen LogP contribution in [0.3, 0.4) is 0 Å². The first-order valence-electron chi connectivity index (χ1n) is 5.36. The first-order valence-corrected chi connectivity index (χ1v) is 6.97. The Morgan fingerprint density at radius 3 is 2.17 bits per heavy atom. The largest absolute Gasteiger partial charge is 0.366 e. The highest BCUT2D eigenvalue weighted by Gasteiger charge is 2.31. The Morgan fingerprint density at radius 1 is 1.28 bits per heavy atom. The Bertz CT molecular complexity index is 490. The topological polar surface area (TPSA) is 95.2 Å². The van der Waals surface area contributed by atoms with Crippen LogP contribution in [0.25, 0.3) is 0 Å². The standard InChI is InChI=1S/C10H16FN3O3S/c1-6(2)17-9(7(3)18(12,15)16)10-13-4-8(11)5-14-10/h4-7,9H,1-3H3,(H2,12,15,16). The van der Waals surface area contributed by atoms with Crippen LogP contribution in [0.5, 0.6) is 0 Å². The lowest BCUT2D eigenvalue weighted by molar-refractivity contribution is 0.00136. The highest BCUT2D eigenvalue weighted by atomic mass is 32.2. The van der Waals surface area contributed by atoms with Gasteiger partial charge in [0.05, 0.1) is 18.5 Å². The van der Waals surface area contributed by atoms with Crippen LogP contribution in [0, 0.1) is 5.82 Å². The van der Waals surface area contributed by atoms with Crippen molar-refractivity contribution in [3.63, 3.8) is 0 Å². The zero-order chi connectivity index (χ0) is 13.9. The number of rotatable bonds is 5. The summed E-state index contributed by atoms with van der Waals surface area (Å²) >= 11 is 0. The fraction of sp³-hybridized carbons (Fsp3) is 0.600. The molecule has 1 heterocycles. The maximum atomic E-state index is 12.7. The summed E-state index contributed by atoms with van der Waals surface area (Å²) in [5, 5.41) is 4.06. The minimum atomic E-state index is -3.80. The zero-order valence-corrected chi connectivity index (χ0v) is 11.2. The van der Waals surface area contributed by atoms with Crippen LogP contribution in [-0.4, -0.2) is 29.7 Å². The lowest BCUT2D eigenvalue weighted by Crippen LogP contribution is -2.34. The van der Waals surface area contributed by atoms with Crippen molar-refractivity contribution < 1.29 is 17.5 Å². The molecule has 0 spiro atoms. The summed E-state index contributed by atoms with van der Waals surface area (Å²) in [6, 6.07) is 0. The normalized spacial score (nSPS) is 15.7. The first kappa shape index (κ1) is 14.9. The molecule has 1 aromatic heterocycles. The van der Waals surface area contributed by atoms with Crippen LogP contribution in [0.2, 0.25) is 0 Å². The summed E-state index contributed by atoms with van der Waals surface area (Å²) < 4.78 is 40.9. The molecule has 0 saturated heterocycles. The van der Waals surface area contributed by atoms with Gasteiger partial charge >= 0.3 is 0 Å². The molecule has 0 aliphatic carbocycles. The van der Waals surface area contributed by atoms with Crippen LogP contribution in [0.15, 0.2) is 12.4 Å². The molecule has 0 saturated carbocycles. The van der Waals surface area contributed by atoms with E-state index in [0.717, 1.165) is 12.4 Å². The van der Waals surface area contributed by atoms with Gasteiger partial charge in [-0.25, -0.2) is 27.9 Å².